The molecule has 4 atom stereocenters. The maximum atomic E-state index is 13.8. The molecule has 0 unspecified atom stereocenters. The number of fused-ring (bicyclic) bond motifs is 1. The smallest absolute Gasteiger partial charge is 0.407 e. The number of H-pyrrole nitrogens is 2. The maximum Gasteiger partial charge on any atom is 0.407 e. The minimum Gasteiger partial charge on any atom is -0.453 e. The van der Waals surface area contributed by atoms with Gasteiger partial charge in [0.15, 0.2) is 0 Å². The molecule has 1 saturated carbocycles. The monoisotopic (exact) mass is 845 g/mol. The van der Waals surface area contributed by atoms with Crippen LogP contribution in [0.3, 0.4) is 0 Å². The van der Waals surface area contributed by atoms with Crippen molar-refractivity contribution in [1.82, 2.24) is 35.4 Å². The molecule has 2 aromatic heterocycles. The standard InChI is InChI=1S/C49H63N7O6/c1-29(2)42(53-47(59)61-5)45(57)55-24-10-12-40(55)38-21-20-37(51-38)32-16-14-31(15-17-32)33-18-19-34(36-27-49(26-35(33)36)22-8-7-9-23-49)39-28-50-44(52-39)41-13-11-25-56(41)46(58)43(30(3)4)54-48(60)62-6/h14-21,28-30,40-43,51H,7-13,22-27H2,1-6H3,(H,50,52)(H,53,59)(H,54,60)/t40-,41-,42-,43-/m0/s1. The van der Waals surface area contributed by atoms with Gasteiger partial charge in [-0.2, -0.15) is 0 Å². The first-order valence-corrected chi connectivity index (χ1v) is 22.7. The van der Waals surface area contributed by atoms with Crippen molar-refractivity contribution in [1.29, 1.82) is 0 Å². The predicted octanol–water partition coefficient (Wildman–Crippen LogP) is 8.88. The van der Waals surface area contributed by atoms with E-state index in [-0.39, 0.29) is 41.1 Å². The molecule has 1 spiro atoms. The molecular weight excluding hydrogens is 783 g/mol. The van der Waals surface area contributed by atoms with Crippen molar-refractivity contribution in [3.05, 3.63) is 77.4 Å². The van der Waals surface area contributed by atoms with Gasteiger partial charge in [-0.05, 0) is 109 Å². The van der Waals surface area contributed by atoms with Gasteiger partial charge >= 0.3 is 12.2 Å². The summed E-state index contributed by atoms with van der Waals surface area (Å²) in [5.41, 5.74) is 10.8. The Labute approximate surface area is 365 Å². The number of hydrogen-bond acceptors (Lipinski definition) is 7. The Bertz CT molecular complexity index is 2270. The van der Waals surface area contributed by atoms with Gasteiger partial charge in [0.1, 0.15) is 17.9 Å². The molecule has 13 nitrogen and oxygen atoms in total. The third-order valence-electron chi connectivity index (χ3n) is 14.1. The number of aromatic amines is 2. The van der Waals surface area contributed by atoms with Crippen LogP contribution in [-0.4, -0.2) is 88.1 Å². The van der Waals surface area contributed by atoms with Gasteiger partial charge in [-0.1, -0.05) is 83.4 Å². The molecule has 4 heterocycles. The summed E-state index contributed by atoms with van der Waals surface area (Å²) in [4.78, 5) is 67.7. The van der Waals surface area contributed by atoms with E-state index in [0.29, 0.717) is 13.1 Å². The molecule has 4 amide bonds. The second kappa shape index (κ2) is 18.0. The number of carbonyl (C=O) groups excluding carboxylic acids is 4. The van der Waals surface area contributed by atoms with Crippen LogP contribution in [0.15, 0.2) is 54.7 Å². The number of benzene rings is 2. The highest BCUT2D eigenvalue weighted by Crippen LogP contribution is 2.52. The number of likely N-dealkylation sites (tertiary alicyclic amines) is 2. The fraction of sp³-hybridized carbons (Fsp3) is 0.531. The minimum absolute atomic E-state index is 0.0842. The molecule has 3 fully saturated rings. The highest BCUT2D eigenvalue weighted by molar-refractivity contribution is 5.87. The van der Waals surface area contributed by atoms with E-state index in [1.807, 2.05) is 43.7 Å². The van der Waals surface area contributed by atoms with Gasteiger partial charge in [0, 0.05) is 30.0 Å². The minimum atomic E-state index is -0.684. The molecule has 13 heteroatoms. The van der Waals surface area contributed by atoms with Gasteiger partial charge in [-0.3, -0.25) is 9.59 Å². The van der Waals surface area contributed by atoms with E-state index in [2.05, 4.69) is 69.1 Å². The predicted molar refractivity (Wildman–Crippen MR) is 238 cm³/mol. The fourth-order valence-electron chi connectivity index (χ4n) is 10.8. The van der Waals surface area contributed by atoms with E-state index in [1.54, 1.807) is 0 Å². The van der Waals surface area contributed by atoms with Crippen molar-refractivity contribution in [2.24, 2.45) is 17.3 Å². The molecule has 2 aromatic carbocycles. The highest BCUT2D eigenvalue weighted by Gasteiger charge is 2.42. The largest absolute Gasteiger partial charge is 0.453 e. The maximum absolute atomic E-state index is 13.8. The third-order valence-corrected chi connectivity index (χ3v) is 14.1. The Kier molecular flexibility index (Phi) is 12.5. The number of aromatic nitrogens is 3. The number of amides is 4. The zero-order valence-electron chi connectivity index (χ0n) is 37.1. The summed E-state index contributed by atoms with van der Waals surface area (Å²) >= 11 is 0. The third kappa shape index (κ3) is 8.46. The van der Waals surface area contributed by atoms with Crippen LogP contribution in [0.25, 0.3) is 33.6 Å². The van der Waals surface area contributed by atoms with Crippen molar-refractivity contribution < 1.29 is 28.7 Å². The number of ether oxygens (including phenoxy) is 2. The summed E-state index contributed by atoms with van der Waals surface area (Å²) in [5, 5.41) is 5.50. The summed E-state index contributed by atoms with van der Waals surface area (Å²) in [7, 11) is 2.62. The number of carbonyl (C=O) groups is 4. The number of alkyl carbamates (subject to hydrolysis) is 2. The second-order valence-corrected chi connectivity index (χ2v) is 18.7. The molecule has 2 aliphatic heterocycles. The number of methoxy groups -OCH3 is 2. The number of rotatable bonds is 11. The molecule has 2 aliphatic carbocycles. The molecule has 4 N–H and O–H groups in total. The number of imidazole rings is 1. The normalized spacial score (nSPS) is 20.4. The lowest BCUT2D eigenvalue weighted by molar-refractivity contribution is -0.136. The van der Waals surface area contributed by atoms with Crippen LogP contribution >= 0.6 is 0 Å². The summed E-state index contributed by atoms with van der Waals surface area (Å²) < 4.78 is 9.64. The molecule has 330 valence electrons. The Morgan fingerprint density at radius 1 is 0.661 bits per heavy atom. The van der Waals surface area contributed by atoms with E-state index >= 15 is 0 Å². The van der Waals surface area contributed by atoms with Gasteiger partial charge < -0.3 is 39.9 Å². The van der Waals surface area contributed by atoms with Crippen LogP contribution < -0.4 is 10.6 Å². The first kappa shape index (κ1) is 43.1. The van der Waals surface area contributed by atoms with Crippen molar-refractivity contribution in [2.45, 2.75) is 122 Å². The molecule has 0 bridgehead atoms. The number of nitrogens with zero attached hydrogens (tertiary/aromatic N) is 3. The average Bonchev–Trinajstić information content (AvgIpc) is 4.13. The van der Waals surface area contributed by atoms with E-state index in [4.69, 9.17) is 14.5 Å². The zero-order valence-corrected chi connectivity index (χ0v) is 37.1. The van der Waals surface area contributed by atoms with Crippen LogP contribution in [-0.2, 0) is 31.9 Å². The summed E-state index contributed by atoms with van der Waals surface area (Å²) in [5.74, 6) is 0.389. The summed E-state index contributed by atoms with van der Waals surface area (Å²) in [6.07, 6.45) is 12.6. The van der Waals surface area contributed by atoms with Gasteiger partial charge in [-0.15, -0.1) is 0 Å². The number of nitrogens with one attached hydrogen (secondary N) is 4. The highest BCUT2D eigenvalue weighted by atomic mass is 16.5. The van der Waals surface area contributed by atoms with E-state index in [0.717, 1.165) is 67.0 Å². The van der Waals surface area contributed by atoms with E-state index in [1.165, 1.54) is 74.1 Å². The lowest BCUT2D eigenvalue weighted by Gasteiger charge is -2.33. The van der Waals surface area contributed by atoms with Gasteiger partial charge in [0.25, 0.3) is 0 Å². The topological polar surface area (TPSA) is 162 Å². The summed E-state index contributed by atoms with van der Waals surface area (Å²) in [6.45, 7) is 8.97. The molecule has 2 saturated heterocycles. The van der Waals surface area contributed by atoms with Gasteiger partial charge in [0.05, 0.1) is 38.2 Å². The Morgan fingerprint density at radius 3 is 1.81 bits per heavy atom. The number of hydrogen-bond donors (Lipinski definition) is 4. The van der Waals surface area contributed by atoms with E-state index < -0.39 is 24.3 Å². The molecular formula is C49H63N7O6. The Morgan fingerprint density at radius 2 is 1.21 bits per heavy atom. The first-order valence-electron chi connectivity index (χ1n) is 22.7. The van der Waals surface area contributed by atoms with E-state index in [9.17, 15) is 19.2 Å². The van der Waals surface area contributed by atoms with Crippen LogP contribution in [0.5, 0.6) is 0 Å². The lowest BCUT2D eigenvalue weighted by Crippen LogP contribution is -2.51. The van der Waals surface area contributed by atoms with Crippen molar-refractivity contribution >= 4 is 24.0 Å². The molecule has 4 aromatic rings. The van der Waals surface area contributed by atoms with Crippen molar-refractivity contribution in [3.63, 3.8) is 0 Å². The van der Waals surface area contributed by atoms with Crippen LogP contribution in [0.2, 0.25) is 0 Å². The molecule has 0 radical (unpaired) electrons. The van der Waals surface area contributed by atoms with Gasteiger partial charge in [-0.25, -0.2) is 14.6 Å². The molecule has 4 aliphatic rings. The Hall–Kier alpha value is -5.59. The van der Waals surface area contributed by atoms with Gasteiger partial charge in [0.2, 0.25) is 11.8 Å². The molecule has 62 heavy (non-hydrogen) atoms. The lowest BCUT2D eigenvalue weighted by atomic mass is 9.72. The second-order valence-electron chi connectivity index (χ2n) is 18.7. The van der Waals surface area contributed by atoms with Crippen LogP contribution in [0.4, 0.5) is 9.59 Å². The van der Waals surface area contributed by atoms with Crippen LogP contribution in [0.1, 0.15) is 120 Å². The average molecular weight is 846 g/mol. The first-order chi connectivity index (χ1) is 29.9. The quantitative estimate of drug-likeness (QED) is 0.117. The fourth-order valence-corrected chi connectivity index (χ4v) is 10.8. The SMILES string of the molecule is COC(=O)N[C@H](C(=O)N1CCC[C@H]1c1ccc(-c2ccc(-c3ccc(-c4cnc([C@@H]5CCCN5C(=O)[C@@H](NC(=O)OC)C(C)C)[nH]4)c4c3CC3(CCCCC3)C4)cc2)[nH]1)C(C)C. The summed E-state index contributed by atoms with van der Waals surface area (Å²) in [6, 6.07) is 15.9. The van der Waals surface area contributed by atoms with Crippen LogP contribution in [0, 0.1) is 17.3 Å². The zero-order chi connectivity index (χ0) is 43.7. The van der Waals surface area contributed by atoms with Crippen molar-refractivity contribution in [2.75, 3.05) is 27.3 Å². The Balaban J connectivity index is 1.04. The molecule has 8 rings (SSSR count). The van der Waals surface area contributed by atoms with Crippen molar-refractivity contribution in [3.8, 4) is 33.6 Å².